The molecule has 0 radical (unpaired) electrons. The van der Waals surface area contributed by atoms with Crippen LogP contribution in [0.5, 0.6) is 0 Å². The average molecular weight is 433 g/mol. The van der Waals surface area contributed by atoms with Crippen molar-refractivity contribution in [3.63, 3.8) is 0 Å². The van der Waals surface area contributed by atoms with Crippen LogP contribution >= 0.6 is 22.9 Å². The zero-order valence-corrected chi connectivity index (χ0v) is 17.9. The van der Waals surface area contributed by atoms with E-state index in [4.69, 9.17) is 11.6 Å². The minimum Gasteiger partial charge on any atom is -0.369 e. The Morgan fingerprint density at radius 2 is 1.62 bits per heavy atom. The van der Waals surface area contributed by atoms with Gasteiger partial charge in [0.1, 0.15) is 0 Å². The van der Waals surface area contributed by atoms with E-state index in [0.717, 1.165) is 41.8 Å². The Hall–Kier alpha value is -2.09. The van der Waals surface area contributed by atoms with Gasteiger partial charge in [0.05, 0.1) is 11.4 Å². The van der Waals surface area contributed by atoms with E-state index in [9.17, 15) is 9.59 Å². The number of hydrogen-bond acceptors (Lipinski definition) is 5. The molecule has 2 saturated heterocycles. The van der Waals surface area contributed by atoms with Crippen molar-refractivity contribution in [3.05, 3.63) is 51.7 Å². The van der Waals surface area contributed by atoms with Crippen molar-refractivity contribution in [1.29, 1.82) is 0 Å². The van der Waals surface area contributed by atoms with Gasteiger partial charge in [-0.15, -0.1) is 11.3 Å². The summed E-state index contributed by atoms with van der Waals surface area (Å²) >= 11 is 7.56. The molecular formula is C21H25ClN4O2S. The Morgan fingerprint density at radius 1 is 0.897 bits per heavy atom. The Balaban J connectivity index is 1.22. The summed E-state index contributed by atoms with van der Waals surface area (Å²) in [4.78, 5) is 34.2. The van der Waals surface area contributed by atoms with Crippen molar-refractivity contribution in [2.75, 3.05) is 63.8 Å². The third kappa shape index (κ3) is 4.91. The zero-order valence-electron chi connectivity index (χ0n) is 16.3. The third-order valence-electron chi connectivity index (χ3n) is 5.56. The van der Waals surface area contributed by atoms with Crippen molar-refractivity contribution >= 4 is 40.4 Å². The molecule has 1 aromatic carbocycles. The van der Waals surface area contributed by atoms with Crippen molar-refractivity contribution in [1.82, 2.24) is 14.7 Å². The molecule has 3 heterocycles. The molecule has 0 saturated carbocycles. The molecule has 0 unspecified atom stereocenters. The monoisotopic (exact) mass is 432 g/mol. The molecule has 0 N–H and O–H groups in total. The molecule has 2 aliphatic rings. The number of rotatable bonds is 4. The van der Waals surface area contributed by atoms with E-state index in [0.29, 0.717) is 32.7 Å². The average Bonchev–Trinajstić information content (AvgIpc) is 3.29. The first-order valence-electron chi connectivity index (χ1n) is 9.93. The van der Waals surface area contributed by atoms with Crippen LogP contribution in [0.15, 0.2) is 41.8 Å². The van der Waals surface area contributed by atoms with Crippen LogP contribution in [-0.4, -0.2) is 85.4 Å². The second-order valence-corrected chi connectivity index (χ2v) is 8.78. The lowest BCUT2D eigenvalue weighted by Gasteiger charge is -2.38. The Labute approximate surface area is 180 Å². The van der Waals surface area contributed by atoms with Crippen molar-refractivity contribution in [3.8, 4) is 0 Å². The highest BCUT2D eigenvalue weighted by molar-refractivity contribution is 7.12. The van der Waals surface area contributed by atoms with E-state index in [1.54, 1.807) is 0 Å². The maximum atomic E-state index is 12.7. The standard InChI is InChI=1S/C21H25ClN4O2S/c22-17-3-1-4-18(15-17)24-8-6-23(7-9-24)16-20(27)25-10-12-26(13-11-25)21(28)19-5-2-14-29-19/h1-5,14-15H,6-13,16H2. The van der Waals surface area contributed by atoms with E-state index in [-0.39, 0.29) is 11.8 Å². The van der Waals surface area contributed by atoms with Crippen LogP contribution in [0, 0.1) is 0 Å². The van der Waals surface area contributed by atoms with Gasteiger partial charge in [-0.3, -0.25) is 14.5 Å². The lowest BCUT2D eigenvalue weighted by atomic mass is 10.2. The quantitative estimate of drug-likeness (QED) is 0.744. The minimum absolute atomic E-state index is 0.0734. The highest BCUT2D eigenvalue weighted by atomic mass is 35.5. The van der Waals surface area contributed by atoms with E-state index in [1.165, 1.54) is 11.3 Å². The first-order chi connectivity index (χ1) is 14.1. The number of halogens is 1. The molecule has 154 valence electrons. The molecule has 0 aliphatic carbocycles. The number of carbonyl (C=O) groups is 2. The largest absolute Gasteiger partial charge is 0.369 e. The van der Waals surface area contributed by atoms with Gasteiger partial charge in [-0.1, -0.05) is 23.7 Å². The summed E-state index contributed by atoms with van der Waals surface area (Å²) in [5.74, 6) is 0.230. The molecular weight excluding hydrogens is 408 g/mol. The SMILES string of the molecule is O=C(CN1CCN(c2cccc(Cl)c2)CC1)N1CCN(C(=O)c2cccs2)CC1. The Bertz CT molecular complexity index is 844. The summed E-state index contributed by atoms with van der Waals surface area (Å²) in [6, 6.07) is 11.7. The lowest BCUT2D eigenvalue weighted by molar-refractivity contribution is -0.134. The van der Waals surface area contributed by atoms with Crippen LogP contribution in [0.25, 0.3) is 0 Å². The molecule has 2 amide bonds. The number of thiophene rings is 1. The summed E-state index contributed by atoms with van der Waals surface area (Å²) < 4.78 is 0. The fraction of sp³-hybridized carbons (Fsp3) is 0.429. The molecule has 6 nitrogen and oxygen atoms in total. The Morgan fingerprint density at radius 3 is 2.28 bits per heavy atom. The van der Waals surface area contributed by atoms with Crippen LogP contribution in [0.2, 0.25) is 5.02 Å². The summed E-state index contributed by atoms with van der Waals surface area (Å²) in [5, 5.41) is 2.66. The van der Waals surface area contributed by atoms with Gasteiger partial charge in [-0.2, -0.15) is 0 Å². The summed E-state index contributed by atoms with van der Waals surface area (Å²) in [5.41, 5.74) is 1.13. The fourth-order valence-corrected chi connectivity index (χ4v) is 4.72. The first-order valence-corrected chi connectivity index (χ1v) is 11.2. The molecule has 2 aromatic rings. The molecule has 0 spiro atoms. The molecule has 1 aromatic heterocycles. The predicted octanol–water partition coefficient (Wildman–Crippen LogP) is 2.51. The molecule has 2 fully saturated rings. The topological polar surface area (TPSA) is 47.1 Å². The van der Waals surface area contributed by atoms with Gasteiger partial charge in [-0.25, -0.2) is 0 Å². The van der Waals surface area contributed by atoms with Crippen LogP contribution in [0.1, 0.15) is 9.67 Å². The van der Waals surface area contributed by atoms with Crippen LogP contribution in [0.4, 0.5) is 5.69 Å². The Kier molecular flexibility index (Phi) is 6.37. The zero-order chi connectivity index (χ0) is 20.2. The molecule has 29 heavy (non-hydrogen) atoms. The molecule has 0 atom stereocenters. The second kappa shape index (κ2) is 9.15. The highest BCUT2D eigenvalue weighted by Crippen LogP contribution is 2.21. The van der Waals surface area contributed by atoms with Gasteiger partial charge in [-0.05, 0) is 29.6 Å². The predicted molar refractivity (Wildman–Crippen MR) is 117 cm³/mol. The van der Waals surface area contributed by atoms with Gasteiger partial charge in [0.25, 0.3) is 5.91 Å². The number of nitrogens with zero attached hydrogens (tertiary/aromatic N) is 4. The van der Waals surface area contributed by atoms with Gasteiger partial charge in [0, 0.05) is 63.1 Å². The molecule has 4 rings (SSSR count). The lowest BCUT2D eigenvalue weighted by Crippen LogP contribution is -2.54. The van der Waals surface area contributed by atoms with E-state index in [2.05, 4.69) is 15.9 Å². The van der Waals surface area contributed by atoms with Gasteiger partial charge < -0.3 is 14.7 Å². The number of hydrogen-bond donors (Lipinski definition) is 0. The van der Waals surface area contributed by atoms with E-state index >= 15 is 0 Å². The number of benzene rings is 1. The third-order valence-corrected chi connectivity index (χ3v) is 6.65. The minimum atomic E-state index is 0.0734. The maximum Gasteiger partial charge on any atom is 0.264 e. The van der Waals surface area contributed by atoms with Crippen LogP contribution < -0.4 is 4.90 Å². The molecule has 8 heteroatoms. The molecule has 2 aliphatic heterocycles. The van der Waals surface area contributed by atoms with Crippen LogP contribution in [0.3, 0.4) is 0 Å². The number of carbonyl (C=O) groups excluding carboxylic acids is 2. The summed E-state index contributed by atoms with van der Waals surface area (Å²) in [6.45, 7) is 6.35. The smallest absolute Gasteiger partial charge is 0.264 e. The van der Waals surface area contributed by atoms with Gasteiger partial charge in [0.15, 0.2) is 0 Å². The number of anilines is 1. The second-order valence-electron chi connectivity index (χ2n) is 7.39. The van der Waals surface area contributed by atoms with Crippen molar-refractivity contribution < 1.29 is 9.59 Å². The summed E-state index contributed by atoms with van der Waals surface area (Å²) in [6.07, 6.45) is 0. The van der Waals surface area contributed by atoms with Crippen molar-refractivity contribution in [2.45, 2.75) is 0 Å². The van der Waals surface area contributed by atoms with Gasteiger partial charge >= 0.3 is 0 Å². The van der Waals surface area contributed by atoms with E-state index in [1.807, 2.05) is 45.5 Å². The maximum absolute atomic E-state index is 12.7. The first kappa shape index (κ1) is 20.2. The van der Waals surface area contributed by atoms with Gasteiger partial charge in [0.2, 0.25) is 5.91 Å². The highest BCUT2D eigenvalue weighted by Gasteiger charge is 2.27. The number of amides is 2. The fourth-order valence-electron chi connectivity index (χ4n) is 3.84. The number of piperazine rings is 2. The van der Waals surface area contributed by atoms with Crippen molar-refractivity contribution in [2.24, 2.45) is 0 Å². The van der Waals surface area contributed by atoms with Crippen LogP contribution in [-0.2, 0) is 4.79 Å². The molecule has 0 bridgehead atoms. The summed E-state index contributed by atoms with van der Waals surface area (Å²) in [7, 11) is 0. The van der Waals surface area contributed by atoms with E-state index < -0.39 is 0 Å². The normalized spacial score (nSPS) is 18.2.